The normalized spacial score (nSPS) is 16.7. The average molecular weight is 238 g/mol. The van der Waals surface area contributed by atoms with Crippen LogP contribution >= 0.6 is 0 Å². The Morgan fingerprint density at radius 2 is 2.00 bits per heavy atom. The monoisotopic (exact) mass is 238 g/mol. The Bertz CT molecular complexity index is 353. The lowest BCUT2D eigenvalue weighted by atomic mass is 10.1. The first kappa shape index (κ1) is 13.8. The molecule has 1 heterocycles. The molecule has 0 atom stereocenters. The number of nitrogens with zero attached hydrogens (tertiary/aromatic N) is 2. The molecule has 2 nitrogen and oxygen atoms in total. The lowest BCUT2D eigenvalue weighted by Crippen LogP contribution is -2.43. The predicted molar refractivity (Wildman–Crippen MR) is 71.2 cm³/mol. The minimum Gasteiger partial charge on any atom is -0.358 e. The lowest BCUT2D eigenvalue weighted by Gasteiger charge is -2.41. The molecule has 1 aliphatic heterocycles. The van der Waals surface area contributed by atoms with Gasteiger partial charge in [-0.1, -0.05) is 12.7 Å². The van der Waals surface area contributed by atoms with Crippen LogP contribution in [0.3, 0.4) is 0 Å². The third kappa shape index (κ3) is 2.90. The Hall–Kier alpha value is -1.25. The zero-order valence-electron chi connectivity index (χ0n) is 11.5. The number of hydrogen-bond donors (Lipinski definition) is 0. The van der Waals surface area contributed by atoms with E-state index in [9.17, 15) is 4.39 Å². The molecule has 0 aromatic rings. The van der Waals surface area contributed by atoms with Crippen molar-refractivity contribution >= 4 is 0 Å². The average Bonchev–Trinajstić information content (AvgIpc) is 2.26. The van der Waals surface area contributed by atoms with Gasteiger partial charge in [-0.05, 0) is 33.8 Å². The molecule has 0 aliphatic carbocycles. The summed E-state index contributed by atoms with van der Waals surface area (Å²) in [6, 6.07) is 0.636. The molecule has 3 heteroatoms. The molecule has 0 radical (unpaired) electrons. The predicted octanol–water partition coefficient (Wildman–Crippen LogP) is 3.30. The molecule has 0 fully saturated rings. The van der Waals surface area contributed by atoms with Crippen molar-refractivity contribution in [2.45, 2.75) is 39.8 Å². The van der Waals surface area contributed by atoms with Crippen LogP contribution in [0.4, 0.5) is 4.39 Å². The van der Waals surface area contributed by atoms with Crippen LogP contribution in [0.2, 0.25) is 0 Å². The second kappa shape index (κ2) is 5.39. The van der Waals surface area contributed by atoms with Gasteiger partial charge in [-0.3, -0.25) is 0 Å². The molecule has 0 N–H and O–H groups in total. The second-order valence-corrected chi connectivity index (χ2v) is 5.00. The van der Waals surface area contributed by atoms with Gasteiger partial charge in [0.25, 0.3) is 0 Å². The highest BCUT2D eigenvalue weighted by atomic mass is 19.1. The maximum Gasteiger partial charge on any atom is 0.120 e. The fraction of sp³-hybridized carbons (Fsp3) is 0.571. The Morgan fingerprint density at radius 1 is 1.41 bits per heavy atom. The zero-order chi connectivity index (χ0) is 13.2. The van der Waals surface area contributed by atoms with E-state index >= 15 is 0 Å². The largest absolute Gasteiger partial charge is 0.358 e. The number of allylic oxidation sites excluding steroid dienone is 3. The molecule has 0 unspecified atom stereocenters. The van der Waals surface area contributed by atoms with E-state index in [1.165, 1.54) is 0 Å². The molecule has 0 aromatic carbocycles. The van der Waals surface area contributed by atoms with Crippen molar-refractivity contribution in [3.63, 3.8) is 0 Å². The summed E-state index contributed by atoms with van der Waals surface area (Å²) in [5.41, 5.74) is 0.860. The van der Waals surface area contributed by atoms with Gasteiger partial charge in [0, 0.05) is 24.7 Å². The maximum absolute atomic E-state index is 13.6. The van der Waals surface area contributed by atoms with Gasteiger partial charge in [0.1, 0.15) is 11.6 Å². The maximum atomic E-state index is 13.6. The standard InChI is InChI=1S/C14H23FN2/c1-7-12-8-13(15)9-17(11(4)5)14(12)16(6)10(2)3/h7-8,10-11H,1,9H2,2-6H3. The SMILES string of the molecule is C=CC1=C(N(C)C(C)C)N(C(C)C)CC(F)=C1. The van der Waals surface area contributed by atoms with Crippen LogP contribution in [0.15, 0.2) is 36.0 Å². The number of hydrogen-bond acceptors (Lipinski definition) is 2. The summed E-state index contributed by atoms with van der Waals surface area (Å²) < 4.78 is 13.6. The van der Waals surface area contributed by atoms with Crippen LogP contribution in [0.25, 0.3) is 0 Å². The van der Waals surface area contributed by atoms with Gasteiger partial charge < -0.3 is 9.80 Å². The number of rotatable bonds is 4. The van der Waals surface area contributed by atoms with Gasteiger partial charge >= 0.3 is 0 Å². The summed E-state index contributed by atoms with van der Waals surface area (Å²) in [7, 11) is 2.04. The van der Waals surface area contributed by atoms with Gasteiger partial charge in [-0.25, -0.2) is 4.39 Å². The first-order chi connectivity index (χ1) is 7.88. The number of halogens is 1. The summed E-state index contributed by atoms with van der Waals surface area (Å²) in [5, 5.41) is 0. The van der Waals surface area contributed by atoms with Crippen LogP contribution in [0.1, 0.15) is 27.7 Å². The summed E-state index contributed by atoms with van der Waals surface area (Å²) in [5.74, 6) is 0.959. The second-order valence-electron chi connectivity index (χ2n) is 5.00. The van der Waals surface area contributed by atoms with E-state index in [4.69, 9.17) is 0 Å². The first-order valence-corrected chi connectivity index (χ1v) is 6.10. The Labute approximate surface area is 104 Å². The van der Waals surface area contributed by atoms with Crippen molar-refractivity contribution in [2.24, 2.45) is 0 Å². The highest BCUT2D eigenvalue weighted by Crippen LogP contribution is 2.27. The van der Waals surface area contributed by atoms with Crippen LogP contribution in [-0.2, 0) is 0 Å². The van der Waals surface area contributed by atoms with Crippen LogP contribution < -0.4 is 0 Å². The topological polar surface area (TPSA) is 6.48 Å². The summed E-state index contributed by atoms with van der Waals surface area (Å²) in [6.07, 6.45) is 3.31. The molecule has 0 spiro atoms. The Morgan fingerprint density at radius 3 is 2.41 bits per heavy atom. The molecular weight excluding hydrogens is 215 g/mol. The van der Waals surface area contributed by atoms with Crippen molar-refractivity contribution in [3.8, 4) is 0 Å². The van der Waals surface area contributed by atoms with Crippen LogP contribution in [0.5, 0.6) is 0 Å². The van der Waals surface area contributed by atoms with E-state index in [2.05, 4.69) is 44.1 Å². The molecule has 0 saturated heterocycles. The van der Waals surface area contributed by atoms with Crippen LogP contribution in [0, 0.1) is 0 Å². The van der Waals surface area contributed by atoms with Crippen LogP contribution in [-0.4, -0.2) is 35.5 Å². The molecule has 1 rings (SSSR count). The van der Waals surface area contributed by atoms with Crippen molar-refractivity contribution in [1.82, 2.24) is 9.80 Å². The van der Waals surface area contributed by atoms with Crippen molar-refractivity contribution in [1.29, 1.82) is 0 Å². The third-order valence-electron chi connectivity index (χ3n) is 3.12. The van der Waals surface area contributed by atoms with E-state index in [1.54, 1.807) is 12.2 Å². The summed E-state index contributed by atoms with van der Waals surface area (Å²) >= 11 is 0. The lowest BCUT2D eigenvalue weighted by molar-refractivity contribution is 0.175. The highest BCUT2D eigenvalue weighted by Gasteiger charge is 2.25. The highest BCUT2D eigenvalue weighted by molar-refractivity contribution is 5.38. The molecule has 96 valence electrons. The Kier molecular flexibility index (Phi) is 4.38. The molecule has 0 bridgehead atoms. The fourth-order valence-corrected chi connectivity index (χ4v) is 1.91. The van der Waals surface area contributed by atoms with Gasteiger partial charge in [-0.2, -0.15) is 0 Å². The van der Waals surface area contributed by atoms with E-state index in [-0.39, 0.29) is 11.9 Å². The van der Waals surface area contributed by atoms with Gasteiger partial charge in [-0.15, -0.1) is 0 Å². The fourth-order valence-electron chi connectivity index (χ4n) is 1.91. The van der Waals surface area contributed by atoms with E-state index in [0.29, 0.717) is 12.6 Å². The van der Waals surface area contributed by atoms with Crippen molar-refractivity contribution in [2.75, 3.05) is 13.6 Å². The van der Waals surface area contributed by atoms with E-state index in [0.717, 1.165) is 11.4 Å². The van der Waals surface area contributed by atoms with E-state index < -0.39 is 0 Å². The summed E-state index contributed by atoms with van der Waals surface area (Å²) in [4.78, 5) is 4.24. The van der Waals surface area contributed by atoms with Gasteiger partial charge in [0.15, 0.2) is 0 Å². The smallest absolute Gasteiger partial charge is 0.120 e. The quantitative estimate of drug-likeness (QED) is 0.741. The van der Waals surface area contributed by atoms with Gasteiger partial charge in [0.2, 0.25) is 0 Å². The minimum absolute atomic E-state index is 0.102. The minimum atomic E-state index is -0.102. The first-order valence-electron chi connectivity index (χ1n) is 6.10. The van der Waals surface area contributed by atoms with Crippen molar-refractivity contribution < 1.29 is 4.39 Å². The Balaban J connectivity index is 3.24. The molecule has 0 aromatic heterocycles. The third-order valence-corrected chi connectivity index (χ3v) is 3.12. The molecule has 0 saturated carbocycles. The molecular formula is C14H23FN2. The molecule has 0 amide bonds. The van der Waals surface area contributed by atoms with Gasteiger partial charge in [0.05, 0.1) is 6.54 Å². The van der Waals surface area contributed by atoms with Crippen molar-refractivity contribution in [3.05, 3.63) is 36.0 Å². The summed E-state index contributed by atoms with van der Waals surface area (Å²) in [6.45, 7) is 12.5. The zero-order valence-corrected chi connectivity index (χ0v) is 11.5. The molecule has 17 heavy (non-hydrogen) atoms. The van der Waals surface area contributed by atoms with E-state index in [1.807, 2.05) is 7.05 Å². The molecule has 1 aliphatic rings.